The largest absolute Gasteiger partial charge is 0.486 e. The Hall–Kier alpha value is -1.95. The molecule has 92 valence electrons. The second-order valence-corrected chi connectivity index (χ2v) is 3.51. The molecule has 0 aliphatic carbocycles. The van der Waals surface area contributed by atoms with Gasteiger partial charge < -0.3 is 14.8 Å². The molecule has 2 amide bonds. The molecule has 6 nitrogen and oxygen atoms in total. The van der Waals surface area contributed by atoms with Crippen molar-refractivity contribution in [2.75, 3.05) is 20.3 Å². The molecule has 0 saturated heterocycles. The molecule has 0 spiro atoms. The van der Waals surface area contributed by atoms with Crippen LogP contribution in [0.15, 0.2) is 24.3 Å². The van der Waals surface area contributed by atoms with Crippen molar-refractivity contribution in [2.45, 2.75) is 6.10 Å². The van der Waals surface area contributed by atoms with Crippen LogP contribution in [0.3, 0.4) is 0 Å². The van der Waals surface area contributed by atoms with Gasteiger partial charge in [-0.15, -0.1) is 0 Å². The Morgan fingerprint density at radius 3 is 3.00 bits per heavy atom. The van der Waals surface area contributed by atoms with E-state index in [1.54, 1.807) is 0 Å². The van der Waals surface area contributed by atoms with Gasteiger partial charge >= 0.3 is 6.03 Å². The smallest absolute Gasteiger partial charge is 0.338 e. The van der Waals surface area contributed by atoms with Gasteiger partial charge in [0.25, 0.3) is 0 Å². The van der Waals surface area contributed by atoms with E-state index in [0.29, 0.717) is 18.9 Å². The highest BCUT2D eigenvalue weighted by molar-refractivity contribution is 5.72. The van der Waals surface area contributed by atoms with Crippen molar-refractivity contribution < 1.29 is 19.1 Å². The lowest BCUT2D eigenvalue weighted by Crippen LogP contribution is -2.44. The zero-order valence-corrected chi connectivity index (χ0v) is 9.43. The number of amides is 2. The molecule has 0 aromatic heterocycles. The topological polar surface area (TPSA) is 68.8 Å². The van der Waals surface area contributed by atoms with Crippen LogP contribution < -0.4 is 20.3 Å². The van der Waals surface area contributed by atoms with Gasteiger partial charge in [-0.3, -0.25) is 4.84 Å². The first-order chi connectivity index (χ1) is 8.29. The van der Waals surface area contributed by atoms with Crippen molar-refractivity contribution in [3.63, 3.8) is 0 Å². The van der Waals surface area contributed by atoms with Crippen molar-refractivity contribution >= 4 is 6.03 Å². The van der Waals surface area contributed by atoms with Gasteiger partial charge in [-0.2, -0.15) is 0 Å². The maximum absolute atomic E-state index is 11.1. The number of fused-ring (bicyclic) bond motifs is 1. The van der Waals surface area contributed by atoms with Crippen molar-refractivity contribution in [1.29, 1.82) is 0 Å². The minimum absolute atomic E-state index is 0.201. The normalized spacial score (nSPS) is 17.4. The van der Waals surface area contributed by atoms with Crippen LogP contribution in [0.5, 0.6) is 11.5 Å². The maximum atomic E-state index is 11.1. The van der Waals surface area contributed by atoms with Crippen LogP contribution in [-0.2, 0) is 4.84 Å². The highest BCUT2D eigenvalue weighted by Crippen LogP contribution is 2.30. The molecule has 0 bridgehead atoms. The quantitative estimate of drug-likeness (QED) is 0.760. The number of benzene rings is 1. The second-order valence-electron chi connectivity index (χ2n) is 3.51. The number of hydrogen-bond acceptors (Lipinski definition) is 4. The summed E-state index contributed by atoms with van der Waals surface area (Å²) < 4.78 is 11.2. The van der Waals surface area contributed by atoms with Crippen molar-refractivity contribution in [1.82, 2.24) is 10.8 Å². The third-order valence-corrected chi connectivity index (χ3v) is 2.25. The number of hydrogen-bond donors (Lipinski definition) is 2. The van der Waals surface area contributed by atoms with Gasteiger partial charge in [0.2, 0.25) is 0 Å². The zero-order chi connectivity index (χ0) is 12.1. The summed E-state index contributed by atoms with van der Waals surface area (Å²) in [7, 11) is 1.37. The van der Waals surface area contributed by atoms with Crippen LogP contribution in [-0.4, -0.2) is 32.4 Å². The van der Waals surface area contributed by atoms with E-state index in [2.05, 4.69) is 15.6 Å². The summed E-state index contributed by atoms with van der Waals surface area (Å²) in [6.45, 7) is 0.758. The Labute approximate surface area is 98.8 Å². The predicted octanol–water partition coefficient (Wildman–Crippen LogP) is 0.687. The van der Waals surface area contributed by atoms with Crippen LogP contribution in [0.4, 0.5) is 4.79 Å². The average Bonchev–Trinajstić information content (AvgIpc) is 2.36. The number of carbonyl (C=O) groups excluding carboxylic acids is 1. The Morgan fingerprint density at radius 1 is 1.47 bits per heavy atom. The Morgan fingerprint density at radius 2 is 2.24 bits per heavy atom. The maximum Gasteiger partial charge on any atom is 0.338 e. The number of carbonyl (C=O) groups is 1. The first-order valence-electron chi connectivity index (χ1n) is 5.25. The molecule has 1 heterocycles. The fourth-order valence-electron chi connectivity index (χ4n) is 1.50. The van der Waals surface area contributed by atoms with Crippen LogP contribution in [0.25, 0.3) is 0 Å². The van der Waals surface area contributed by atoms with E-state index in [9.17, 15) is 4.79 Å². The molecule has 1 aromatic carbocycles. The summed E-state index contributed by atoms with van der Waals surface area (Å²) in [5, 5.41) is 2.60. The Kier molecular flexibility index (Phi) is 3.66. The summed E-state index contributed by atoms with van der Waals surface area (Å²) in [4.78, 5) is 15.6. The molecule has 2 N–H and O–H groups in total. The third-order valence-electron chi connectivity index (χ3n) is 2.25. The summed E-state index contributed by atoms with van der Waals surface area (Å²) in [6, 6.07) is 7.02. The van der Waals surface area contributed by atoms with Gasteiger partial charge in [0, 0.05) is 0 Å². The molecule has 1 unspecified atom stereocenters. The van der Waals surface area contributed by atoms with E-state index >= 15 is 0 Å². The van der Waals surface area contributed by atoms with Gasteiger partial charge in [0.1, 0.15) is 6.61 Å². The number of nitrogens with one attached hydrogen (secondary N) is 2. The van der Waals surface area contributed by atoms with E-state index in [4.69, 9.17) is 9.47 Å². The van der Waals surface area contributed by atoms with Crippen LogP contribution in [0.1, 0.15) is 0 Å². The highest BCUT2D eigenvalue weighted by atomic mass is 16.6. The van der Waals surface area contributed by atoms with E-state index in [1.807, 2.05) is 24.3 Å². The molecule has 0 fully saturated rings. The lowest BCUT2D eigenvalue weighted by atomic mass is 10.2. The number of rotatable bonds is 3. The van der Waals surface area contributed by atoms with Crippen molar-refractivity contribution in [3.8, 4) is 11.5 Å². The van der Waals surface area contributed by atoms with E-state index < -0.39 is 6.03 Å². The molecule has 17 heavy (non-hydrogen) atoms. The Bertz CT molecular complexity index is 397. The van der Waals surface area contributed by atoms with Crippen LogP contribution in [0.2, 0.25) is 0 Å². The SMILES string of the molecule is CONC(=O)NCC1COc2ccccc2O1. The van der Waals surface area contributed by atoms with Gasteiger partial charge in [0.15, 0.2) is 17.6 Å². The summed E-state index contributed by atoms with van der Waals surface area (Å²) >= 11 is 0. The van der Waals surface area contributed by atoms with Gasteiger partial charge in [0.05, 0.1) is 13.7 Å². The van der Waals surface area contributed by atoms with E-state index in [-0.39, 0.29) is 6.10 Å². The minimum Gasteiger partial charge on any atom is -0.486 e. The summed E-state index contributed by atoms with van der Waals surface area (Å²) in [6.07, 6.45) is -0.201. The molecule has 1 aliphatic heterocycles. The molecule has 1 atom stereocenters. The summed E-state index contributed by atoms with van der Waals surface area (Å²) in [5.41, 5.74) is 2.16. The fourth-order valence-corrected chi connectivity index (χ4v) is 1.50. The predicted molar refractivity (Wildman–Crippen MR) is 59.9 cm³/mol. The van der Waals surface area contributed by atoms with Gasteiger partial charge in [-0.1, -0.05) is 12.1 Å². The van der Waals surface area contributed by atoms with E-state index in [0.717, 1.165) is 5.75 Å². The number of urea groups is 1. The minimum atomic E-state index is -0.407. The number of ether oxygens (including phenoxy) is 2. The molecule has 6 heteroatoms. The fraction of sp³-hybridized carbons (Fsp3) is 0.364. The van der Waals surface area contributed by atoms with E-state index in [1.165, 1.54) is 7.11 Å². The van der Waals surface area contributed by atoms with Crippen LogP contribution >= 0.6 is 0 Å². The number of para-hydroxylation sites is 2. The third kappa shape index (κ3) is 3.01. The number of hydroxylamine groups is 1. The van der Waals surface area contributed by atoms with Gasteiger partial charge in [-0.05, 0) is 12.1 Å². The second kappa shape index (κ2) is 5.40. The van der Waals surface area contributed by atoms with Crippen molar-refractivity contribution in [3.05, 3.63) is 24.3 Å². The standard InChI is InChI=1S/C11H14N2O4/c1-15-13-11(14)12-6-8-7-16-9-4-2-3-5-10(9)17-8/h2-5,8H,6-7H2,1H3,(H2,12,13,14). The average molecular weight is 238 g/mol. The Balaban J connectivity index is 1.84. The molecular formula is C11H14N2O4. The molecular weight excluding hydrogens is 224 g/mol. The molecule has 1 aliphatic rings. The molecule has 0 radical (unpaired) electrons. The van der Waals surface area contributed by atoms with Crippen LogP contribution in [0, 0.1) is 0 Å². The lowest BCUT2D eigenvalue weighted by Gasteiger charge is -2.26. The van der Waals surface area contributed by atoms with Gasteiger partial charge in [-0.25, -0.2) is 10.3 Å². The highest BCUT2D eigenvalue weighted by Gasteiger charge is 2.20. The molecule has 2 rings (SSSR count). The first-order valence-corrected chi connectivity index (χ1v) is 5.25. The first kappa shape index (κ1) is 11.5. The molecule has 1 aromatic rings. The zero-order valence-electron chi connectivity index (χ0n) is 9.43. The van der Waals surface area contributed by atoms with Crippen molar-refractivity contribution in [2.24, 2.45) is 0 Å². The monoisotopic (exact) mass is 238 g/mol. The summed E-state index contributed by atoms with van der Waals surface area (Å²) in [5.74, 6) is 1.42. The lowest BCUT2D eigenvalue weighted by molar-refractivity contribution is 0.0835. The molecule has 0 saturated carbocycles.